The van der Waals surface area contributed by atoms with Gasteiger partial charge in [0.25, 0.3) is 0 Å². The van der Waals surface area contributed by atoms with E-state index < -0.39 is 0 Å². The lowest BCUT2D eigenvalue weighted by Crippen LogP contribution is -2.24. The molecule has 0 saturated heterocycles. The third-order valence-corrected chi connectivity index (χ3v) is 5.30. The topological polar surface area (TPSA) is 23.5 Å². The molecule has 1 aliphatic rings. The van der Waals surface area contributed by atoms with Crippen molar-refractivity contribution < 1.29 is 5.11 Å². The van der Waals surface area contributed by atoms with Crippen molar-refractivity contribution in [2.45, 2.75) is 64.0 Å². The number of unbranched alkanes of at least 4 members (excludes halogenated alkanes) is 4. The highest BCUT2D eigenvalue weighted by molar-refractivity contribution is 5.65. The third kappa shape index (κ3) is 4.85. The predicted octanol–water partition coefficient (Wildman–Crippen LogP) is 5.93. The largest absolute Gasteiger partial charge is 0.393 e. The van der Waals surface area contributed by atoms with Crippen molar-refractivity contribution in [3.05, 3.63) is 60.7 Å². The Morgan fingerprint density at radius 1 is 0.880 bits per heavy atom. The monoisotopic (exact) mass is 337 g/mol. The maximum absolute atomic E-state index is 10.6. The van der Waals surface area contributed by atoms with Gasteiger partial charge in [0.15, 0.2) is 0 Å². The van der Waals surface area contributed by atoms with E-state index in [1.807, 2.05) is 0 Å². The van der Waals surface area contributed by atoms with Crippen LogP contribution in [0.4, 0.5) is 11.4 Å². The first-order valence-corrected chi connectivity index (χ1v) is 9.88. The number of benzene rings is 2. The molecule has 0 bridgehead atoms. The summed E-state index contributed by atoms with van der Waals surface area (Å²) >= 11 is 0. The first-order chi connectivity index (χ1) is 12.3. The molecule has 1 aliphatic carbocycles. The van der Waals surface area contributed by atoms with Crippen LogP contribution in [0.2, 0.25) is 0 Å². The molecular weight excluding hydrogens is 306 g/mol. The molecule has 2 aromatic rings. The summed E-state index contributed by atoms with van der Waals surface area (Å²) in [4.78, 5) is 2.41. The van der Waals surface area contributed by atoms with E-state index in [-0.39, 0.29) is 6.10 Å². The quantitative estimate of drug-likeness (QED) is 0.543. The third-order valence-electron chi connectivity index (χ3n) is 5.30. The van der Waals surface area contributed by atoms with Gasteiger partial charge in [0.05, 0.1) is 6.10 Å². The number of aliphatic hydroxyl groups is 1. The van der Waals surface area contributed by atoms with Crippen LogP contribution < -0.4 is 4.90 Å². The Labute approximate surface area is 152 Å². The molecule has 2 heteroatoms. The molecule has 0 radical (unpaired) electrons. The highest BCUT2D eigenvalue weighted by atomic mass is 16.3. The molecular formula is C23H31NO. The lowest BCUT2D eigenvalue weighted by atomic mass is 10.0. The summed E-state index contributed by atoms with van der Waals surface area (Å²) < 4.78 is 0. The van der Waals surface area contributed by atoms with Gasteiger partial charge in [-0.25, -0.2) is 0 Å². The van der Waals surface area contributed by atoms with Crippen molar-refractivity contribution in [3.8, 4) is 0 Å². The minimum atomic E-state index is -0.165. The number of rotatable bonds is 10. The number of para-hydroxylation sites is 2. The van der Waals surface area contributed by atoms with Crippen LogP contribution in [-0.2, 0) is 0 Å². The van der Waals surface area contributed by atoms with Crippen LogP contribution >= 0.6 is 0 Å². The van der Waals surface area contributed by atoms with E-state index in [2.05, 4.69) is 72.5 Å². The molecule has 0 spiro atoms. The van der Waals surface area contributed by atoms with Gasteiger partial charge in [-0.2, -0.15) is 0 Å². The van der Waals surface area contributed by atoms with Crippen LogP contribution in [0.25, 0.3) is 0 Å². The van der Waals surface area contributed by atoms with Gasteiger partial charge in [0, 0.05) is 23.3 Å². The van der Waals surface area contributed by atoms with Gasteiger partial charge < -0.3 is 10.0 Å². The molecule has 2 aromatic carbocycles. The van der Waals surface area contributed by atoms with Crippen molar-refractivity contribution in [2.75, 3.05) is 4.90 Å². The second-order valence-corrected chi connectivity index (χ2v) is 7.28. The zero-order valence-electron chi connectivity index (χ0n) is 15.3. The molecule has 1 saturated carbocycles. The van der Waals surface area contributed by atoms with Gasteiger partial charge in [-0.15, -0.1) is 0 Å². The summed E-state index contributed by atoms with van der Waals surface area (Å²) in [6.07, 6.45) is 8.17. The average Bonchev–Trinajstić information content (AvgIpc) is 3.44. The Morgan fingerprint density at radius 2 is 1.44 bits per heavy atom. The predicted molar refractivity (Wildman–Crippen MR) is 106 cm³/mol. The molecule has 0 amide bonds. The van der Waals surface area contributed by atoms with Gasteiger partial charge in [0.2, 0.25) is 0 Å². The van der Waals surface area contributed by atoms with Crippen LogP contribution in [0.3, 0.4) is 0 Å². The Balaban J connectivity index is 1.62. The zero-order chi connectivity index (χ0) is 17.5. The molecule has 3 atom stereocenters. The maximum Gasteiger partial charge on any atom is 0.0589 e. The highest BCUT2D eigenvalue weighted by Crippen LogP contribution is 2.45. The fourth-order valence-corrected chi connectivity index (χ4v) is 3.79. The summed E-state index contributed by atoms with van der Waals surface area (Å²) in [5.41, 5.74) is 2.44. The molecule has 2 nitrogen and oxygen atoms in total. The van der Waals surface area contributed by atoms with Crippen molar-refractivity contribution in [1.82, 2.24) is 0 Å². The van der Waals surface area contributed by atoms with E-state index in [0.29, 0.717) is 12.0 Å². The SMILES string of the molecule is CCCCCCC[C@@H](O)[C@H]1C[C@@H]1N(c1ccccc1)c1ccccc1. The zero-order valence-corrected chi connectivity index (χ0v) is 15.3. The molecule has 0 unspecified atom stereocenters. The molecule has 0 aromatic heterocycles. The van der Waals surface area contributed by atoms with Gasteiger partial charge in [-0.1, -0.05) is 75.4 Å². The lowest BCUT2D eigenvalue weighted by Gasteiger charge is -2.26. The lowest BCUT2D eigenvalue weighted by molar-refractivity contribution is 0.136. The van der Waals surface area contributed by atoms with E-state index in [4.69, 9.17) is 0 Å². The van der Waals surface area contributed by atoms with Crippen LogP contribution in [-0.4, -0.2) is 17.3 Å². The van der Waals surface area contributed by atoms with E-state index in [1.165, 1.54) is 37.1 Å². The van der Waals surface area contributed by atoms with Crippen molar-refractivity contribution in [1.29, 1.82) is 0 Å². The Kier molecular flexibility index (Phi) is 6.52. The van der Waals surface area contributed by atoms with Crippen molar-refractivity contribution >= 4 is 11.4 Å². The summed E-state index contributed by atoms with van der Waals surface area (Å²) in [6, 6.07) is 21.6. The first kappa shape index (κ1) is 18.0. The van der Waals surface area contributed by atoms with Gasteiger partial charge in [-0.05, 0) is 37.1 Å². The number of aliphatic hydroxyl groups excluding tert-OH is 1. The van der Waals surface area contributed by atoms with Gasteiger partial charge >= 0.3 is 0 Å². The Bertz CT molecular complexity index is 573. The molecule has 25 heavy (non-hydrogen) atoms. The van der Waals surface area contributed by atoms with Gasteiger partial charge in [-0.3, -0.25) is 0 Å². The fourth-order valence-electron chi connectivity index (χ4n) is 3.79. The summed E-state index contributed by atoms with van der Waals surface area (Å²) in [5, 5.41) is 10.6. The molecule has 1 fully saturated rings. The van der Waals surface area contributed by atoms with E-state index in [1.54, 1.807) is 0 Å². The second-order valence-electron chi connectivity index (χ2n) is 7.28. The highest BCUT2D eigenvalue weighted by Gasteiger charge is 2.46. The maximum atomic E-state index is 10.6. The Hall–Kier alpha value is -1.80. The smallest absolute Gasteiger partial charge is 0.0589 e. The van der Waals surface area contributed by atoms with E-state index in [0.717, 1.165) is 19.3 Å². The van der Waals surface area contributed by atoms with Gasteiger partial charge in [0.1, 0.15) is 0 Å². The van der Waals surface area contributed by atoms with E-state index >= 15 is 0 Å². The van der Waals surface area contributed by atoms with Crippen LogP contribution in [0.15, 0.2) is 60.7 Å². The van der Waals surface area contributed by atoms with Crippen LogP contribution in [0, 0.1) is 5.92 Å². The van der Waals surface area contributed by atoms with Crippen molar-refractivity contribution in [3.63, 3.8) is 0 Å². The molecule has 1 N–H and O–H groups in total. The minimum Gasteiger partial charge on any atom is -0.393 e. The summed E-state index contributed by atoms with van der Waals surface area (Å²) in [6.45, 7) is 2.24. The standard InChI is InChI=1S/C23H31NO/c1-2-3-4-5-12-17-23(25)21-18-22(21)24(19-13-8-6-9-14-19)20-15-10-7-11-16-20/h6-11,13-16,21-23,25H,2-5,12,17-18H2,1H3/t21-,22-,23+/m0/s1. The molecule has 3 rings (SSSR count). The number of hydrogen-bond acceptors (Lipinski definition) is 2. The normalized spacial score (nSPS) is 20.2. The number of nitrogens with zero attached hydrogens (tertiary/aromatic N) is 1. The van der Waals surface area contributed by atoms with Crippen molar-refractivity contribution in [2.24, 2.45) is 5.92 Å². The number of hydrogen-bond donors (Lipinski definition) is 1. The molecule has 0 heterocycles. The molecule has 134 valence electrons. The second kappa shape index (κ2) is 9.05. The van der Waals surface area contributed by atoms with E-state index in [9.17, 15) is 5.11 Å². The van der Waals surface area contributed by atoms with Crippen LogP contribution in [0.1, 0.15) is 51.9 Å². The summed E-state index contributed by atoms with van der Waals surface area (Å²) in [5.74, 6) is 0.395. The Morgan fingerprint density at radius 3 is 2.00 bits per heavy atom. The first-order valence-electron chi connectivity index (χ1n) is 9.88. The number of anilines is 2. The minimum absolute atomic E-state index is 0.165. The summed E-state index contributed by atoms with van der Waals surface area (Å²) in [7, 11) is 0. The average molecular weight is 338 g/mol. The fraction of sp³-hybridized carbons (Fsp3) is 0.478. The molecule has 0 aliphatic heterocycles. The van der Waals surface area contributed by atoms with Crippen LogP contribution in [0.5, 0.6) is 0 Å².